The molecule has 0 atom stereocenters. The molecule has 0 unspecified atom stereocenters. The Morgan fingerprint density at radius 3 is 1.94 bits per heavy atom. The molecule has 0 aliphatic heterocycles. The first-order valence-corrected chi connectivity index (χ1v) is 6.01. The van der Waals surface area contributed by atoms with Crippen LogP contribution in [0.25, 0.3) is 0 Å². The van der Waals surface area contributed by atoms with Crippen LogP contribution in [0.1, 0.15) is 30.5 Å². The summed E-state index contributed by atoms with van der Waals surface area (Å²) >= 11 is 0. The van der Waals surface area contributed by atoms with E-state index in [4.69, 9.17) is 0 Å². The van der Waals surface area contributed by atoms with Gasteiger partial charge in [0.25, 0.3) is 0 Å². The first-order chi connectivity index (χ1) is 8.41. The van der Waals surface area contributed by atoms with Gasteiger partial charge in [-0.2, -0.15) is 0 Å². The molecule has 0 heterocycles. The van der Waals surface area contributed by atoms with Crippen molar-refractivity contribution in [1.29, 1.82) is 0 Å². The molecule has 0 saturated heterocycles. The molecule has 0 aromatic heterocycles. The van der Waals surface area contributed by atoms with Crippen molar-refractivity contribution in [2.45, 2.75) is 26.2 Å². The Morgan fingerprint density at radius 1 is 0.833 bits per heavy atom. The van der Waals surface area contributed by atoms with Crippen LogP contribution < -0.4 is 0 Å². The number of rotatable bonds is 2. The summed E-state index contributed by atoms with van der Waals surface area (Å²) in [6.07, 6.45) is 0. The van der Waals surface area contributed by atoms with Crippen LogP contribution >= 0.6 is 0 Å². The summed E-state index contributed by atoms with van der Waals surface area (Å²) in [4.78, 5) is 0. The monoisotopic (exact) mass is 242 g/mol. The molecule has 0 amide bonds. The SMILES string of the molecule is Cc1cc(O)ccc1C(C)(C)c1ccc(O)cc1. The summed E-state index contributed by atoms with van der Waals surface area (Å²) in [6, 6.07) is 12.7. The average Bonchev–Trinajstić information content (AvgIpc) is 2.29. The average molecular weight is 242 g/mol. The lowest BCUT2D eigenvalue weighted by molar-refractivity contribution is 0.473. The van der Waals surface area contributed by atoms with Crippen LogP contribution in [0.15, 0.2) is 42.5 Å². The first-order valence-electron chi connectivity index (χ1n) is 6.01. The molecule has 2 nitrogen and oxygen atoms in total. The van der Waals surface area contributed by atoms with E-state index in [-0.39, 0.29) is 16.9 Å². The van der Waals surface area contributed by atoms with Crippen molar-refractivity contribution in [2.24, 2.45) is 0 Å². The zero-order chi connectivity index (χ0) is 13.3. The number of aromatic hydroxyl groups is 2. The highest BCUT2D eigenvalue weighted by Crippen LogP contribution is 2.35. The third-order valence-corrected chi connectivity index (χ3v) is 3.47. The van der Waals surface area contributed by atoms with Crippen LogP contribution in [0.5, 0.6) is 11.5 Å². The van der Waals surface area contributed by atoms with E-state index in [0.29, 0.717) is 0 Å². The van der Waals surface area contributed by atoms with Gasteiger partial charge in [-0.15, -0.1) is 0 Å². The van der Waals surface area contributed by atoms with Gasteiger partial charge in [-0.3, -0.25) is 0 Å². The lowest BCUT2D eigenvalue weighted by atomic mass is 9.76. The van der Waals surface area contributed by atoms with Gasteiger partial charge in [0.1, 0.15) is 11.5 Å². The fourth-order valence-electron chi connectivity index (χ4n) is 2.38. The maximum atomic E-state index is 9.48. The largest absolute Gasteiger partial charge is 0.508 e. The minimum Gasteiger partial charge on any atom is -0.508 e. The number of hydrogen-bond donors (Lipinski definition) is 2. The molecule has 0 radical (unpaired) electrons. The van der Waals surface area contributed by atoms with Gasteiger partial charge in [-0.25, -0.2) is 0 Å². The molecular formula is C16H18O2. The van der Waals surface area contributed by atoms with Gasteiger partial charge in [0.2, 0.25) is 0 Å². The fourth-order valence-corrected chi connectivity index (χ4v) is 2.38. The molecule has 0 fully saturated rings. The Balaban J connectivity index is 2.50. The summed E-state index contributed by atoms with van der Waals surface area (Å²) in [5, 5.41) is 18.8. The van der Waals surface area contributed by atoms with Crippen LogP contribution in [0.4, 0.5) is 0 Å². The number of phenolic OH excluding ortho intramolecular Hbond substituents is 2. The summed E-state index contributed by atoms with van der Waals surface area (Å²) in [6.45, 7) is 6.27. The Kier molecular flexibility index (Phi) is 3.04. The number of benzene rings is 2. The zero-order valence-electron chi connectivity index (χ0n) is 10.9. The van der Waals surface area contributed by atoms with Crippen LogP contribution in [0, 0.1) is 6.92 Å². The summed E-state index contributed by atoms with van der Waals surface area (Å²) in [7, 11) is 0. The van der Waals surface area contributed by atoms with Crippen LogP contribution in [0.2, 0.25) is 0 Å². The molecular weight excluding hydrogens is 224 g/mol. The highest BCUT2D eigenvalue weighted by atomic mass is 16.3. The Morgan fingerprint density at radius 2 is 1.39 bits per heavy atom. The van der Waals surface area contributed by atoms with Gasteiger partial charge in [-0.1, -0.05) is 32.0 Å². The van der Waals surface area contributed by atoms with Crippen LogP contribution in [0.3, 0.4) is 0 Å². The molecule has 94 valence electrons. The predicted molar refractivity (Wildman–Crippen MR) is 73.1 cm³/mol. The molecule has 2 N–H and O–H groups in total. The maximum Gasteiger partial charge on any atom is 0.115 e. The smallest absolute Gasteiger partial charge is 0.115 e. The van der Waals surface area contributed by atoms with E-state index in [1.54, 1.807) is 24.3 Å². The van der Waals surface area contributed by atoms with E-state index in [1.807, 2.05) is 25.1 Å². The molecule has 0 aliphatic carbocycles. The molecule has 0 aliphatic rings. The molecule has 2 rings (SSSR count). The third-order valence-electron chi connectivity index (χ3n) is 3.47. The van der Waals surface area contributed by atoms with E-state index in [2.05, 4.69) is 13.8 Å². The lowest BCUT2D eigenvalue weighted by Crippen LogP contribution is -2.20. The fraction of sp³-hybridized carbons (Fsp3) is 0.250. The van der Waals surface area contributed by atoms with E-state index in [0.717, 1.165) is 11.1 Å². The van der Waals surface area contributed by atoms with Crippen molar-refractivity contribution in [3.05, 3.63) is 59.2 Å². The number of hydrogen-bond acceptors (Lipinski definition) is 2. The van der Waals surface area contributed by atoms with E-state index in [9.17, 15) is 10.2 Å². The Hall–Kier alpha value is -1.96. The van der Waals surface area contributed by atoms with E-state index in [1.165, 1.54) is 5.56 Å². The van der Waals surface area contributed by atoms with E-state index >= 15 is 0 Å². The molecule has 0 saturated carbocycles. The summed E-state index contributed by atoms with van der Waals surface area (Å²) < 4.78 is 0. The van der Waals surface area contributed by atoms with Crippen molar-refractivity contribution in [3.63, 3.8) is 0 Å². The second-order valence-electron chi connectivity index (χ2n) is 5.17. The number of phenols is 2. The highest BCUT2D eigenvalue weighted by Gasteiger charge is 2.24. The van der Waals surface area contributed by atoms with Gasteiger partial charge < -0.3 is 10.2 Å². The predicted octanol–water partition coefficient (Wildman–Crippen LogP) is 3.73. The second kappa shape index (κ2) is 4.37. The van der Waals surface area contributed by atoms with Crippen molar-refractivity contribution >= 4 is 0 Å². The normalized spacial score (nSPS) is 11.5. The summed E-state index contributed by atoms with van der Waals surface area (Å²) in [5.74, 6) is 0.565. The lowest BCUT2D eigenvalue weighted by Gasteiger charge is -2.28. The minimum atomic E-state index is -0.161. The second-order valence-corrected chi connectivity index (χ2v) is 5.17. The van der Waals surface area contributed by atoms with Crippen molar-refractivity contribution < 1.29 is 10.2 Å². The van der Waals surface area contributed by atoms with Crippen molar-refractivity contribution in [2.75, 3.05) is 0 Å². The minimum absolute atomic E-state index is 0.161. The molecule has 2 heteroatoms. The van der Waals surface area contributed by atoms with Crippen molar-refractivity contribution in [1.82, 2.24) is 0 Å². The standard InChI is InChI=1S/C16H18O2/c1-11-10-14(18)8-9-15(11)16(2,3)12-4-6-13(17)7-5-12/h4-10,17-18H,1-3H3. The molecule has 0 spiro atoms. The topological polar surface area (TPSA) is 40.5 Å². The maximum absolute atomic E-state index is 9.48. The van der Waals surface area contributed by atoms with E-state index < -0.39 is 0 Å². The van der Waals surface area contributed by atoms with Crippen LogP contribution in [-0.4, -0.2) is 10.2 Å². The van der Waals surface area contributed by atoms with Gasteiger partial charge >= 0.3 is 0 Å². The number of aryl methyl sites for hydroxylation is 1. The zero-order valence-corrected chi connectivity index (χ0v) is 10.9. The molecule has 2 aromatic carbocycles. The van der Waals surface area contributed by atoms with Gasteiger partial charge in [-0.05, 0) is 47.9 Å². The molecule has 2 aromatic rings. The Bertz CT molecular complexity index is 554. The quantitative estimate of drug-likeness (QED) is 0.842. The Labute approximate surface area is 108 Å². The van der Waals surface area contributed by atoms with Gasteiger partial charge in [0.05, 0.1) is 0 Å². The summed E-state index contributed by atoms with van der Waals surface area (Å²) in [5.41, 5.74) is 3.21. The third kappa shape index (κ3) is 2.19. The van der Waals surface area contributed by atoms with Crippen molar-refractivity contribution in [3.8, 4) is 11.5 Å². The van der Waals surface area contributed by atoms with Gasteiger partial charge in [0.15, 0.2) is 0 Å². The van der Waals surface area contributed by atoms with Crippen LogP contribution in [-0.2, 0) is 5.41 Å². The highest BCUT2D eigenvalue weighted by molar-refractivity contribution is 5.45. The van der Waals surface area contributed by atoms with Gasteiger partial charge in [0, 0.05) is 5.41 Å². The first kappa shape index (κ1) is 12.5. The molecule has 18 heavy (non-hydrogen) atoms. The molecule has 0 bridgehead atoms.